The van der Waals surface area contributed by atoms with Crippen molar-refractivity contribution in [2.75, 3.05) is 11.9 Å². The van der Waals surface area contributed by atoms with Crippen LogP contribution in [0.5, 0.6) is 0 Å². The van der Waals surface area contributed by atoms with E-state index in [9.17, 15) is 0 Å². The molecule has 0 amide bonds. The topological polar surface area (TPSA) is 47.7 Å². The number of aromatic nitrogens is 4. The van der Waals surface area contributed by atoms with Gasteiger partial charge in [0.15, 0.2) is 0 Å². The molecule has 0 aromatic carbocycles. The summed E-state index contributed by atoms with van der Waals surface area (Å²) in [6.07, 6.45) is 5.91. The first-order valence-electron chi connectivity index (χ1n) is 5.98. The molecule has 96 valence electrons. The Morgan fingerprint density at radius 2 is 2.17 bits per heavy atom. The SMILES string of the molecule is C=CCNc1nc(C)cn1Cc1cn(C)nc1C. The molecule has 0 atom stereocenters. The van der Waals surface area contributed by atoms with Crippen LogP contribution >= 0.6 is 0 Å². The average molecular weight is 245 g/mol. The number of anilines is 1. The van der Waals surface area contributed by atoms with Gasteiger partial charge in [-0.05, 0) is 13.8 Å². The molecular weight excluding hydrogens is 226 g/mol. The minimum atomic E-state index is 0.711. The molecule has 2 aromatic rings. The lowest BCUT2D eigenvalue weighted by atomic mass is 10.2. The molecule has 2 aromatic heterocycles. The molecule has 0 aliphatic rings. The van der Waals surface area contributed by atoms with Gasteiger partial charge in [-0.3, -0.25) is 4.68 Å². The van der Waals surface area contributed by atoms with Crippen LogP contribution in [-0.4, -0.2) is 25.9 Å². The van der Waals surface area contributed by atoms with Gasteiger partial charge in [-0.1, -0.05) is 6.08 Å². The van der Waals surface area contributed by atoms with Crippen molar-refractivity contribution in [3.05, 3.63) is 42.0 Å². The molecule has 18 heavy (non-hydrogen) atoms. The van der Waals surface area contributed by atoms with Crippen molar-refractivity contribution < 1.29 is 0 Å². The number of hydrogen-bond acceptors (Lipinski definition) is 3. The molecule has 2 rings (SSSR count). The molecule has 0 saturated carbocycles. The molecule has 0 radical (unpaired) electrons. The van der Waals surface area contributed by atoms with Gasteiger partial charge in [0.2, 0.25) is 5.95 Å². The van der Waals surface area contributed by atoms with E-state index in [1.165, 1.54) is 5.56 Å². The van der Waals surface area contributed by atoms with E-state index in [-0.39, 0.29) is 0 Å². The van der Waals surface area contributed by atoms with E-state index in [0.29, 0.717) is 6.54 Å². The molecule has 5 nitrogen and oxygen atoms in total. The average Bonchev–Trinajstić information content (AvgIpc) is 2.80. The molecule has 0 aliphatic heterocycles. The Hall–Kier alpha value is -2.04. The Bertz CT molecular complexity index is 550. The standard InChI is InChI=1S/C13H19N5/c1-5-6-14-13-15-10(2)7-18(13)9-12-8-17(4)16-11(12)3/h5,7-8H,1,6,9H2,2-4H3,(H,14,15). The van der Waals surface area contributed by atoms with Crippen LogP contribution in [-0.2, 0) is 13.6 Å². The summed E-state index contributed by atoms with van der Waals surface area (Å²) in [7, 11) is 1.94. The molecule has 2 heterocycles. The number of hydrogen-bond donors (Lipinski definition) is 1. The van der Waals surface area contributed by atoms with Gasteiger partial charge in [-0.25, -0.2) is 4.98 Å². The van der Waals surface area contributed by atoms with Crippen LogP contribution in [0.1, 0.15) is 17.0 Å². The number of rotatable bonds is 5. The Labute approximate surface area is 107 Å². The Morgan fingerprint density at radius 1 is 1.39 bits per heavy atom. The van der Waals surface area contributed by atoms with Crippen molar-refractivity contribution in [2.24, 2.45) is 7.05 Å². The quantitative estimate of drug-likeness (QED) is 0.818. The zero-order valence-electron chi connectivity index (χ0n) is 11.1. The largest absolute Gasteiger partial charge is 0.352 e. The number of aryl methyl sites for hydroxylation is 3. The first-order chi connectivity index (χ1) is 8.60. The van der Waals surface area contributed by atoms with Crippen LogP contribution in [0.4, 0.5) is 5.95 Å². The van der Waals surface area contributed by atoms with Gasteiger partial charge in [0, 0.05) is 31.5 Å². The lowest BCUT2D eigenvalue weighted by molar-refractivity contribution is 0.755. The molecule has 5 heteroatoms. The van der Waals surface area contributed by atoms with E-state index >= 15 is 0 Å². The highest BCUT2D eigenvalue weighted by atomic mass is 15.3. The maximum Gasteiger partial charge on any atom is 0.203 e. The van der Waals surface area contributed by atoms with Gasteiger partial charge < -0.3 is 9.88 Å². The van der Waals surface area contributed by atoms with E-state index in [2.05, 4.69) is 26.5 Å². The number of imidazole rings is 1. The first kappa shape index (κ1) is 12.4. The molecule has 0 bridgehead atoms. The summed E-state index contributed by atoms with van der Waals surface area (Å²) in [5.74, 6) is 0.871. The third kappa shape index (κ3) is 2.61. The van der Waals surface area contributed by atoms with Gasteiger partial charge in [-0.15, -0.1) is 6.58 Å². The zero-order chi connectivity index (χ0) is 13.1. The summed E-state index contributed by atoms with van der Waals surface area (Å²) in [6, 6.07) is 0. The van der Waals surface area contributed by atoms with E-state index in [0.717, 1.165) is 23.9 Å². The molecular formula is C13H19N5. The Kier molecular flexibility index (Phi) is 3.50. The Balaban J connectivity index is 2.22. The van der Waals surface area contributed by atoms with Crippen LogP contribution in [0, 0.1) is 13.8 Å². The second-order valence-electron chi connectivity index (χ2n) is 4.42. The summed E-state index contributed by atoms with van der Waals surface area (Å²) in [4.78, 5) is 4.46. The van der Waals surface area contributed by atoms with Crippen LogP contribution in [0.15, 0.2) is 25.0 Å². The summed E-state index contributed by atoms with van der Waals surface area (Å²) in [5.41, 5.74) is 3.26. The minimum absolute atomic E-state index is 0.711. The summed E-state index contributed by atoms with van der Waals surface area (Å²) in [5, 5.41) is 7.59. The molecule has 0 saturated heterocycles. The van der Waals surface area contributed by atoms with Gasteiger partial charge in [-0.2, -0.15) is 5.10 Å². The van der Waals surface area contributed by atoms with Crippen LogP contribution in [0.3, 0.4) is 0 Å². The fourth-order valence-corrected chi connectivity index (χ4v) is 1.96. The van der Waals surface area contributed by atoms with Crippen molar-refractivity contribution in [1.29, 1.82) is 0 Å². The van der Waals surface area contributed by atoms with Gasteiger partial charge in [0.05, 0.1) is 17.9 Å². The van der Waals surface area contributed by atoms with Gasteiger partial charge in [0.1, 0.15) is 0 Å². The van der Waals surface area contributed by atoms with E-state index in [4.69, 9.17) is 0 Å². The van der Waals surface area contributed by atoms with Crippen molar-refractivity contribution in [2.45, 2.75) is 20.4 Å². The molecule has 0 fully saturated rings. The van der Waals surface area contributed by atoms with Crippen molar-refractivity contribution in [3.63, 3.8) is 0 Å². The second-order valence-corrected chi connectivity index (χ2v) is 4.42. The second kappa shape index (κ2) is 5.08. The third-order valence-corrected chi connectivity index (χ3v) is 2.76. The van der Waals surface area contributed by atoms with Gasteiger partial charge in [0.25, 0.3) is 0 Å². The predicted octanol–water partition coefficient (Wildman–Crippen LogP) is 1.88. The lowest BCUT2D eigenvalue weighted by Crippen LogP contribution is -2.08. The lowest BCUT2D eigenvalue weighted by Gasteiger charge is -2.07. The normalized spacial score (nSPS) is 10.6. The molecule has 0 spiro atoms. The fourth-order valence-electron chi connectivity index (χ4n) is 1.96. The monoisotopic (exact) mass is 245 g/mol. The van der Waals surface area contributed by atoms with Crippen LogP contribution in [0.2, 0.25) is 0 Å². The maximum absolute atomic E-state index is 4.46. The van der Waals surface area contributed by atoms with Crippen molar-refractivity contribution >= 4 is 5.95 Å². The minimum Gasteiger partial charge on any atom is -0.352 e. The fraction of sp³-hybridized carbons (Fsp3) is 0.385. The first-order valence-corrected chi connectivity index (χ1v) is 5.98. The highest BCUT2D eigenvalue weighted by molar-refractivity contribution is 5.31. The predicted molar refractivity (Wildman–Crippen MR) is 72.7 cm³/mol. The maximum atomic E-state index is 4.46. The van der Waals surface area contributed by atoms with Crippen LogP contribution < -0.4 is 5.32 Å². The highest BCUT2D eigenvalue weighted by Gasteiger charge is 2.08. The van der Waals surface area contributed by atoms with E-state index in [1.54, 1.807) is 0 Å². The van der Waals surface area contributed by atoms with E-state index in [1.807, 2.05) is 44.0 Å². The summed E-state index contributed by atoms with van der Waals surface area (Å²) < 4.78 is 3.94. The molecule has 1 N–H and O–H groups in total. The molecule has 0 aliphatic carbocycles. The number of nitrogens with zero attached hydrogens (tertiary/aromatic N) is 4. The van der Waals surface area contributed by atoms with Crippen LogP contribution in [0.25, 0.3) is 0 Å². The smallest absolute Gasteiger partial charge is 0.203 e. The molecule has 0 unspecified atom stereocenters. The summed E-state index contributed by atoms with van der Waals surface area (Å²) >= 11 is 0. The third-order valence-electron chi connectivity index (χ3n) is 2.76. The van der Waals surface area contributed by atoms with Crippen molar-refractivity contribution in [1.82, 2.24) is 19.3 Å². The Morgan fingerprint density at radius 3 is 2.78 bits per heavy atom. The number of nitrogens with one attached hydrogen (secondary N) is 1. The van der Waals surface area contributed by atoms with E-state index < -0.39 is 0 Å². The highest BCUT2D eigenvalue weighted by Crippen LogP contribution is 2.13. The zero-order valence-corrected chi connectivity index (χ0v) is 11.1. The summed E-state index contributed by atoms with van der Waals surface area (Å²) in [6.45, 7) is 9.20. The van der Waals surface area contributed by atoms with Gasteiger partial charge >= 0.3 is 0 Å². The van der Waals surface area contributed by atoms with Crippen molar-refractivity contribution in [3.8, 4) is 0 Å².